The zero-order valence-electron chi connectivity index (χ0n) is 12.3. The number of carboxylic acid groups (broad SMARTS) is 1. The van der Waals surface area contributed by atoms with Crippen molar-refractivity contribution < 1.29 is 22.7 Å². The average molecular weight is 316 g/mol. The molecule has 0 radical (unpaired) electrons. The van der Waals surface area contributed by atoms with Gasteiger partial charge in [0.2, 0.25) is 0 Å². The lowest BCUT2D eigenvalue weighted by Crippen LogP contribution is -2.17. The topological polar surface area (TPSA) is 71.4 Å². The first-order chi connectivity index (χ1) is 9.81. The number of halogens is 1. The Bertz CT molecular complexity index is 596. The van der Waals surface area contributed by atoms with Crippen molar-refractivity contribution in [2.24, 2.45) is 5.92 Å². The fourth-order valence-electron chi connectivity index (χ4n) is 2.17. The standard InChI is InChI=1S/C15H21FO4S/c1-3-5-6-11(4-2)10-21(19,20)12-7-8-14(16)13(9-12)15(17)18/h7-9,11H,3-6,10H2,1-2H3,(H,17,18). The van der Waals surface area contributed by atoms with Crippen molar-refractivity contribution in [3.05, 3.63) is 29.6 Å². The number of hydrogen-bond donors (Lipinski definition) is 1. The summed E-state index contributed by atoms with van der Waals surface area (Å²) in [6, 6.07) is 2.92. The van der Waals surface area contributed by atoms with E-state index in [0.717, 1.165) is 43.9 Å². The zero-order chi connectivity index (χ0) is 16.0. The van der Waals surface area contributed by atoms with Gasteiger partial charge in [-0.25, -0.2) is 17.6 Å². The highest BCUT2D eigenvalue weighted by Gasteiger charge is 2.22. The zero-order valence-corrected chi connectivity index (χ0v) is 13.1. The molecule has 118 valence electrons. The van der Waals surface area contributed by atoms with E-state index < -0.39 is 27.2 Å². The molecule has 1 rings (SSSR count). The van der Waals surface area contributed by atoms with Crippen molar-refractivity contribution in [3.63, 3.8) is 0 Å². The lowest BCUT2D eigenvalue weighted by Gasteiger charge is -2.15. The first-order valence-corrected chi connectivity index (χ1v) is 8.72. The Hall–Kier alpha value is -1.43. The van der Waals surface area contributed by atoms with Gasteiger partial charge in [0.05, 0.1) is 16.2 Å². The van der Waals surface area contributed by atoms with Crippen LogP contribution in [0.15, 0.2) is 23.1 Å². The van der Waals surface area contributed by atoms with Crippen LogP contribution in [0, 0.1) is 11.7 Å². The number of rotatable bonds is 8. The van der Waals surface area contributed by atoms with E-state index in [1.807, 2.05) is 13.8 Å². The van der Waals surface area contributed by atoms with Gasteiger partial charge in [0, 0.05) is 0 Å². The van der Waals surface area contributed by atoms with Gasteiger partial charge in [0.1, 0.15) is 5.82 Å². The minimum atomic E-state index is -3.60. The van der Waals surface area contributed by atoms with Crippen LogP contribution >= 0.6 is 0 Å². The molecule has 1 aromatic rings. The van der Waals surface area contributed by atoms with Gasteiger partial charge >= 0.3 is 5.97 Å². The molecule has 0 saturated heterocycles. The number of unbranched alkanes of at least 4 members (excludes halogenated alkanes) is 1. The molecular formula is C15H21FO4S. The summed E-state index contributed by atoms with van der Waals surface area (Å²) in [5, 5.41) is 8.87. The molecule has 1 aromatic carbocycles. The summed E-state index contributed by atoms with van der Waals surface area (Å²) in [7, 11) is -3.60. The van der Waals surface area contributed by atoms with E-state index in [-0.39, 0.29) is 16.6 Å². The molecule has 0 aliphatic heterocycles. The largest absolute Gasteiger partial charge is 0.478 e. The van der Waals surface area contributed by atoms with Crippen LogP contribution < -0.4 is 0 Å². The van der Waals surface area contributed by atoms with Crippen LogP contribution in [0.3, 0.4) is 0 Å². The van der Waals surface area contributed by atoms with Gasteiger partial charge in [-0.2, -0.15) is 0 Å². The van der Waals surface area contributed by atoms with E-state index in [9.17, 15) is 17.6 Å². The van der Waals surface area contributed by atoms with E-state index in [2.05, 4.69) is 0 Å². The van der Waals surface area contributed by atoms with Gasteiger partial charge < -0.3 is 5.11 Å². The number of aromatic carboxylic acids is 1. The van der Waals surface area contributed by atoms with Crippen LogP contribution in [0.25, 0.3) is 0 Å². The monoisotopic (exact) mass is 316 g/mol. The molecule has 0 fully saturated rings. The Morgan fingerprint density at radius 2 is 2.00 bits per heavy atom. The predicted octanol–water partition coefficient (Wildman–Crippen LogP) is 3.51. The lowest BCUT2D eigenvalue weighted by atomic mass is 10.0. The third-order valence-electron chi connectivity index (χ3n) is 3.53. The molecule has 0 bridgehead atoms. The smallest absolute Gasteiger partial charge is 0.338 e. The lowest BCUT2D eigenvalue weighted by molar-refractivity contribution is 0.0691. The van der Waals surface area contributed by atoms with Gasteiger partial charge in [-0.3, -0.25) is 0 Å². The van der Waals surface area contributed by atoms with Crippen molar-refractivity contribution in [3.8, 4) is 0 Å². The third-order valence-corrected chi connectivity index (χ3v) is 5.41. The Balaban J connectivity index is 3.02. The molecule has 0 aliphatic rings. The quantitative estimate of drug-likeness (QED) is 0.745. The normalized spacial score (nSPS) is 13.1. The first kappa shape index (κ1) is 17.6. The molecule has 0 aromatic heterocycles. The number of hydrogen-bond acceptors (Lipinski definition) is 3. The molecule has 4 nitrogen and oxygen atoms in total. The van der Waals surface area contributed by atoms with Crippen LogP contribution in [0.1, 0.15) is 49.9 Å². The maximum absolute atomic E-state index is 13.3. The maximum atomic E-state index is 13.3. The maximum Gasteiger partial charge on any atom is 0.338 e. The van der Waals surface area contributed by atoms with Gasteiger partial charge in [-0.05, 0) is 30.5 Å². The number of benzene rings is 1. The van der Waals surface area contributed by atoms with Crippen LogP contribution in [-0.2, 0) is 9.84 Å². The Morgan fingerprint density at radius 1 is 1.33 bits per heavy atom. The summed E-state index contributed by atoms with van der Waals surface area (Å²) in [5.41, 5.74) is -0.613. The van der Waals surface area contributed by atoms with Gasteiger partial charge in [-0.1, -0.05) is 33.1 Å². The van der Waals surface area contributed by atoms with E-state index in [1.54, 1.807) is 0 Å². The molecule has 6 heteroatoms. The van der Waals surface area contributed by atoms with E-state index in [1.165, 1.54) is 0 Å². The van der Waals surface area contributed by atoms with Crippen LogP contribution in [0.2, 0.25) is 0 Å². The third kappa shape index (κ3) is 4.81. The van der Waals surface area contributed by atoms with Crippen LogP contribution in [0.4, 0.5) is 4.39 Å². The second-order valence-electron chi connectivity index (χ2n) is 5.14. The van der Waals surface area contributed by atoms with Crippen LogP contribution in [-0.4, -0.2) is 25.2 Å². The number of carbonyl (C=O) groups is 1. The summed E-state index contributed by atoms with van der Waals surface area (Å²) >= 11 is 0. The molecule has 0 aliphatic carbocycles. The molecule has 1 atom stereocenters. The molecular weight excluding hydrogens is 295 g/mol. The predicted molar refractivity (Wildman–Crippen MR) is 78.7 cm³/mol. The van der Waals surface area contributed by atoms with Crippen molar-refractivity contribution in [2.75, 3.05) is 5.75 Å². The van der Waals surface area contributed by atoms with Crippen molar-refractivity contribution >= 4 is 15.8 Å². The molecule has 1 unspecified atom stereocenters. The average Bonchev–Trinajstić information content (AvgIpc) is 2.43. The molecule has 0 heterocycles. The molecule has 21 heavy (non-hydrogen) atoms. The summed E-state index contributed by atoms with van der Waals surface area (Å²) in [5.74, 6) is -2.40. The summed E-state index contributed by atoms with van der Waals surface area (Å²) < 4.78 is 38.0. The fraction of sp³-hybridized carbons (Fsp3) is 0.533. The van der Waals surface area contributed by atoms with Gasteiger partial charge in [0.25, 0.3) is 0 Å². The molecule has 0 amide bonds. The Labute approximate surface area is 124 Å². The highest BCUT2D eigenvalue weighted by molar-refractivity contribution is 7.91. The second kappa shape index (κ2) is 7.54. The number of sulfone groups is 1. The fourth-order valence-corrected chi connectivity index (χ4v) is 3.95. The Kier molecular flexibility index (Phi) is 6.33. The highest BCUT2D eigenvalue weighted by Crippen LogP contribution is 2.22. The Morgan fingerprint density at radius 3 is 2.52 bits per heavy atom. The van der Waals surface area contributed by atoms with E-state index in [0.29, 0.717) is 0 Å². The molecule has 1 N–H and O–H groups in total. The van der Waals surface area contributed by atoms with E-state index in [4.69, 9.17) is 5.11 Å². The van der Waals surface area contributed by atoms with Gasteiger partial charge in [0.15, 0.2) is 9.84 Å². The molecule has 0 spiro atoms. The minimum Gasteiger partial charge on any atom is -0.478 e. The number of carboxylic acids is 1. The summed E-state index contributed by atoms with van der Waals surface area (Å²) in [4.78, 5) is 10.8. The van der Waals surface area contributed by atoms with Crippen molar-refractivity contribution in [2.45, 2.75) is 44.4 Å². The SMILES string of the molecule is CCCCC(CC)CS(=O)(=O)c1ccc(F)c(C(=O)O)c1. The molecule has 0 saturated carbocycles. The second-order valence-corrected chi connectivity index (χ2v) is 7.18. The van der Waals surface area contributed by atoms with E-state index >= 15 is 0 Å². The van der Waals surface area contributed by atoms with Crippen molar-refractivity contribution in [1.29, 1.82) is 0 Å². The van der Waals surface area contributed by atoms with Crippen molar-refractivity contribution in [1.82, 2.24) is 0 Å². The summed E-state index contributed by atoms with van der Waals surface area (Å²) in [6.07, 6.45) is 3.51. The first-order valence-electron chi connectivity index (χ1n) is 7.07. The van der Waals surface area contributed by atoms with Gasteiger partial charge in [-0.15, -0.1) is 0 Å². The van der Waals surface area contributed by atoms with Crippen LogP contribution in [0.5, 0.6) is 0 Å². The summed E-state index contributed by atoms with van der Waals surface area (Å²) in [6.45, 7) is 3.98. The minimum absolute atomic E-state index is 0.0335. The highest BCUT2D eigenvalue weighted by atomic mass is 32.2.